The maximum atomic E-state index is 12.8. The predicted molar refractivity (Wildman–Crippen MR) is 109 cm³/mol. The first-order valence-electron chi connectivity index (χ1n) is 9.35. The van der Waals surface area contributed by atoms with Crippen molar-refractivity contribution in [3.05, 3.63) is 78.4 Å². The molecule has 0 radical (unpaired) electrons. The van der Waals surface area contributed by atoms with Crippen LogP contribution in [0.15, 0.2) is 77.7 Å². The van der Waals surface area contributed by atoms with Gasteiger partial charge >= 0.3 is 0 Å². The Balaban J connectivity index is 1.43. The van der Waals surface area contributed by atoms with Crippen LogP contribution in [-0.2, 0) is 21.2 Å². The van der Waals surface area contributed by atoms with Gasteiger partial charge in [0.25, 0.3) is 0 Å². The van der Waals surface area contributed by atoms with Crippen molar-refractivity contribution in [3.63, 3.8) is 0 Å². The van der Waals surface area contributed by atoms with Gasteiger partial charge in [0.2, 0.25) is 15.9 Å². The molecule has 3 aromatic rings. The molecule has 0 unspecified atom stereocenters. The first-order valence-corrected chi connectivity index (χ1v) is 10.8. The zero-order chi connectivity index (χ0) is 19.6. The number of nitrogens with zero attached hydrogens (tertiary/aromatic N) is 2. The Labute approximate surface area is 165 Å². The molecule has 144 valence electrons. The minimum absolute atomic E-state index is 0.0353. The van der Waals surface area contributed by atoms with Gasteiger partial charge in [-0.25, -0.2) is 8.42 Å². The standard InChI is InChI=1S/C22H22N2O3S/c25-22(17-19-9-6-8-18-7-4-5-12-21(18)19)23-13-15-24(16-14-23)28(26,27)20-10-2-1-3-11-20/h1-12H,13-17H2. The number of fused-ring (bicyclic) bond motifs is 1. The molecule has 0 atom stereocenters. The van der Waals surface area contributed by atoms with E-state index in [0.717, 1.165) is 16.3 Å². The van der Waals surface area contributed by atoms with E-state index in [-0.39, 0.29) is 5.91 Å². The van der Waals surface area contributed by atoms with Crippen LogP contribution in [0.4, 0.5) is 0 Å². The molecule has 1 amide bonds. The fourth-order valence-electron chi connectivity index (χ4n) is 3.64. The lowest BCUT2D eigenvalue weighted by atomic mass is 10.0. The van der Waals surface area contributed by atoms with Gasteiger partial charge in [-0.3, -0.25) is 4.79 Å². The van der Waals surface area contributed by atoms with Gasteiger partial charge in [-0.15, -0.1) is 0 Å². The summed E-state index contributed by atoms with van der Waals surface area (Å²) in [6, 6.07) is 22.5. The van der Waals surface area contributed by atoms with E-state index in [1.807, 2.05) is 42.5 Å². The SMILES string of the molecule is O=C(Cc1cccc2ccccc12)N1CCN(S(=O)(=O)c2ccccc2)CC1. The van der Waals surface area contributed by atoms with Crippen LogP contribution in [0.5, 0.6) is 0 Å². The summed E-state index contributed by atoms with van der Waals surface area (Å²) < 4.78 is 26.9. The topological polar surface area (TPSA) is 57.7 Å². The average Bonchev–Trinajstić information content (AvgIpc) is 2.75. The Kier molecular flexibility index (Phi) is 5.15. The number of rotatable bonds is 4. The van der Waals surface area contributed by atoms with Crippen LogP contribution >= 0.6 is 0 Å². The molecule has 0 aromatic heterocycles. The van der Waals surface area contributed by atoms with Crippen LogP contribution in [-0.4, -0.2) is 49.7 Å². The van der Waals surface area contributed by atoms with E-state index in [2.05, 4.69) is 0 Å². The fourth-order valence-corrected chi connectivity index (χ4v) is 5.08. The van der Waals surface area contributed by atoms with Crippen LogP contribution < -0.4 is 0 Å². The maximum absolute atomic E-state index is 12.8. The van der Waals surface area contributed by atoms with Gasteiger partial charge in [0.15, 0.2) is 0 Å². The second kappa shape index (κ2) is 7.73. The fraction of sp³-hybridized carbons (Fsp3) is 0.227. The summed E-state index contributed by atoms with van der Waals surface area (Å²) in [5, 5.41) is 2.20. The minimum Gasteiger partial charge on any atom is -0.340 e. The zero-order valence-corrected chi connectivity index (χ0v) is 16.3. The summed E-state index contributed by atoms with van der Waals surface area (Å²) >= 11 is 0. The van der Waals surface area contributed by atoms with Crippen LogP contribution in [0.1, 0.15) is 5.56 Å². The van der Waals surface area contributed by atoms with Crippen molar-refractivity contribution in [2.24, 2.45) is 0 Å². The Hall–Kier alpha value is -2.70. The Morgan fingerprint density at radius 1 is 0.786 bits per heavy atom. The summed E-state index contributed by atoms with van der Waals surface area (Å²) in [7, 11) is -3.50. The molecular weight excluding hydrogens is 372 g/mol. The lowest BCUT2D eigenvalue weighted by Crippen LogP contribution is -2.50. The van der Waals surface area contributed by atoms with E-state index < -0.39 is 10.0 Å². The van der Waals surface area contributed by atoms with Gasteiger partial charge < -0.3 is 4.90 Å². The number of hydrogen-bond acceptors (Lipinski definition) is 3. The van der Waals surface area contributed by atoms with Gasteiger partial charge in [0.1, 0.15) is 0 Å². The van der Waals surface area contributed by atoms with Crippen LogP contribution in [0.3, 0.4) is 0 Å². The van der Waals surface area contributed by atoms with Crippen molar-refractivity contribution < 1.29 is 13.2 Å². The number of piperazine rings is 1. The maximum Gasteiger partial charge on any atom is 0.243 e. The van der Waals surface area contributed by atoms with E-state index in [9.17, 15) is 13.2 Å². The van der Waals surface area contributed by atoms with Gasteiger partial charge in [0, 0.05) is 26.2 Å². The smallest absolute Gasteiger partial charge is 0.243 e. The number of amides is 1. The Morgan fingerprint density at radius 2 is 1.43 bits per heavy atom. The number of carbonyl (C=O) groups is 1. The molecule has 28 heavy (non-hydrogen) atoms. The summed E-state index contributed by atoms with van der Waals surface area (Å²) in [4.78, 5) is 14.9. The van der Waals surface area contributed by atoms with Crippen molar-refractivity contribution in [2.45, 2.75) is 11.3 Å². The molecule has 4 rings (SSSR count). The van der Waals surface area contributed by atoms with Crippen molar-refractivity contribution in [3.8, 4) is 0 Å². The monoisotopic (exact) mass is 394 g/mol. The lowest BCUT2D eigenvalue weighted by Gasteiger charge is -2.34. The van der Waals surface area contributed by atoms with Crippen molar-refractivity contribution in [1.82, 2.24) is 9.21 Å². The molecule has 0 spiro atoms. The van der Waals surface area contributed by atoms with Gasteiger partial charge in [-0.05, 0) is 28.5 Å². The Morgan fingerprint density at radius 3 is 2.18 bits per heavy atom. The van der Waals surface area contributed by atoms with E-state index in [1.165, 1.54) is 4.31 Å². The third-order valence-electron chi connectivity index (χ3n) is 5.19. The van der Waals surface area contributed by atoms with E-state index in [1.54, 1.807) is 35.2 Å². The molecule has 0 saturated carbocycles. The van der Waals surface area contributed by atoms with Crippen molar-refractivity contribution in [2.75, 3.05) is 26.2 Å². The number of benzene rings is 3. The lowest BCUT2D eigenvalue weighted by molar-refractivity contribution is -0.131. The van der Waals surface area contributed by atoms with Crippen LogP contribution in [0, 0.1) is 0 Å². The molecule has 0 N–H and O–H groups in total. The molecule has 0 aliphatic carbocycles. The van der Waals surface area contributed by atoms with Gasteiger partial charge in [0.05, 0.1) is 11.3 Å². The normalized spacial score (nSPS) is 15.6. The van der Waals surface area contributed by atoms with Crippen LogP contribution in [0.25, 0.3) is 10.8 Å². The molecule has 0 bridgehead atoms. The molecular formula is C22H22N2O3S. The van der Waals surface area contributed by atoms with Crippen LogP contribution in [0.2, 0.25) is 0 Å². The van der Waals surface area contributed by atoms with Crippen molar-refractivity contribution >= 4 is 26.7 Å². The zero-order valence-electron chi connectivity index (χ0n) is 15.5. The third-order valence-corrected chi connectivity index (χ3v) is 7.11. The predicted octanol–water partition coefficient (Wildman–Crippen LogP) is 2.92. The molecule has 5 nitrogen and oxygen atoms in total. The third kappa shape index (κ3) is 3.66. The summed E-state index contributed by atoms with van der Waals surface area (Å²) in [6.45, 7) is 1.46. The highest BCUT2D eigenvalue weighted by molar-refractivity contribution is 7.89. The van der Waals surface area contributed by atoms with E-state index in [4.69, 9.17) is 0 Å². The molecule has 3 aromatic carbocycles. The first kappa shape index (κ1) is 18.7. The minimum atomic E-state index is -3.50. The Bertz CT molecular complexity index is 1080. The second-order valence-electron chi connectivity index (χ2n) is 6.91. The number of hydrogen-bond donors (Lipinski definition) is 0. The van der Waals surface area contributed by atoms with Gasteiger partial charge in [-0.2, -0.15) is 4.31 Å². The summed E-state index contributed by atoms with van der Waals surface area (Å²) in [5.74, 6) is 0.0353. The first-order chi connectivity index (χ1) is 13.6. The largest absolute Gasteiger partial charge is 0.340 e. The molecule has 1 saturated heterocycles. The molecule has 1 fully saturated rings. The second-order valence-corrected chi connectivity index (χ2v) is 8.85. The number of carbonyl (C=O) groups excluding carboxylic acids is 1. The highest BCUT2D eigenvalue weighted by atomic mass is 32.2. The van der Waals surface area contributed by atoms with Gasteiger partial charge in [-0.1, -0.05) is 60.7 Å². The highest BCUT2D eigenvalue weighted by Crippen LogP contribution is 2.21. The summed E-state index contributed by atoms with van der Waals surface area (Å²) in [6.07, 6.45) is 0.326. The molecule has 1 heterocycles. The highest BCUT2D eigenvalue weighted by Gasteiger charge is 2.30. The molecule has 1 aliphatic heterocycles. The average molecular weight is 394 g/mol. The molecule has 6 heteroatoms. The summed E-state index contributed by atoms with van der Waals surface area (Å²) in [5.41, 5.74) is 1.00. The number of sulfonamides is 1. The van der Waals surface area contributed by atoms with Crippen molar-refractivity contribution in [1.29, 1.82) is 0 Å². The quantitative estimate of drug-likeness (QED) is 0.684. The molecule has 1 aliphatic rings. The van der Waals surface area contributed by atoms with E-state index >= 15 is 0 Å². The van der Waals surface area contributed by atoms with E-state index in [0.29, 0.717) is 37.5 Å².